The number of nitrogens with zero attached hydrogens (tertiary/aromatic N) is 1. The molecule has 0 spiro atoms. The van der Waals surface area contributed by atoms with Gasteiger partial charge in [0.05, 0.1) is 0 Å². The molecule has 1 radical (unpaired) electrons. The molecule has 0 aromatic heterocycles. The molecule has 0 aromatic rings. The van der Waals surface area contributed by atoms with Crippen LogP contribution in [0.1, 0.15) is 6.92 Å². The van der Waals surface area contributed by atoms with Gasteiger partial charge in [-0.05, 0) is 13.6 Å². The molecule has 1 aliphatic rings. The summed E-state index contributed by atoms with van der Waals surface area (Å²) in [5, 5.41) is 0. The van der Waals surface area contributed by atoms with Crippen LogP contribution in [0.5, 0.6) is 0 Å². The summed E-state index contributed by atoms with van der Waals surface area (Å²) in [6.07, 6.45) is 2.35. The van der Waals surface area contributed by atoms with E-state index in [1.807, 2.05) is 0 Å². The number of hydrogen-bond acceptors (Lipinski definition) is 1. The molecule has 1 saturated heterocycles. The quantitative estimate of drug-likeness (QED) is 0.403. The van der Waals surface area contributed by atoms with Gasteiger partial charge in [0.1, 0.15) is 0 Å². The van der Waals surface area contributed by atoms with Gasteiger partial charge in [-0.25, -0.2) is 0 Å². The fourth-order valence-corrected chi connectivity index (χ4v) is 1.00. The van der Waals surface area contributed by atoms with Gasteiger partial charge in [-0.3, -0.25) is 0 Å². The molecule has 0 N–H and O–H groups in total. The van der Waals surface area contributed by atoms with Crippen molar-refractivity contribution in [3.63, 3.8) is 0 Å². The Bertz CT molecular complexity index is 62.1. The third kappa shape index (κ3) is 3.24. The van der Waals surface area contributed by atoms with Crippen LogP contribution in [0.3, 0.4) is 0 Å². The molecule has 1 heterocycles. The molecular formula is C6H12NReRf-. The monoisotopic (exact) mass is 552 g/mol. The molecule has 9 heavy (non-hydrogen) atoms. The molecule has 1 atom stereocenters. The van der Waals surface area contributed by atoms with E-state index in [-0.39, 0.29) is 20.4 Å². The van der Waals surface area contributed by atoms with Crippen molar-refractivity contribution in [2.24, 2.45) is 5.92 Å². The molecule has 51 valence electrons. The average Bonchev–Trinajstić information content (AvgIpc) is 1.87. The number of likely N-dealkylation sites (tertiary alicyclic amines) is 1. The van der Waals surface area contributed by atoms with Crippen LogP contribution in [0.4, 0.5) is 0 Å². The summed E-state index contributed by atoms with van der Waals surface area (Å²) in [7, 11) is 2.15. The predicted molar refractivity (Wildman–Crippen MR) is 31.0 cm³/mol. The molecule has 1 aliphatic heterocycles. The minimum atomic E-state index is 0. The van der Waals surface area contributed by atoms with Crippen molar-refractivity contribution in [2.75, 3.05) is 20.1 Å². The molecule has 1 unspecified atom stereocenters. The van der Waals surface area contributed by atoms with E-state index in [0.29, 0.717) is 0 Å². The first-order valence-corrected chi connectivity index (χ1v) is 2.81. The van der Waals surface area contributed by atoms with Crippen LogP contribution in [-0.2, 0) is 20.4 Å². The fraction of sp³-hybridized carbons (Fsp3) is 0.833. The maximum Gasteiger partial charge on any atom is 0 e. The van der Waals surface area contributed by atoms with Crippen molar-refractivity contribution in [3.05, 3.63) is 6.42 Å². The summed E-state index contributed by atoms with van der Waals surface area (Å²) < 4.78 is 0. The van der Waals surface area contributed by atoms with E-state index in [2.05, 4.69) is 25.3 Å². The SMILES string of the molecule is CC1[CH-]CN(C)C1.[Re].[Rf]. The Kier molecular flexibility index (Phi) is 5.71. The van der Waals surface area contributed by atoms with Gasteiger partial charge < -0.3 is 11.3 Å². The van der Waals surface area contributed by atoms with Crippen LogP contribution in [-0.4, -0.2) is 25.0 Å². The fourth-order valence-electron chi connectivity index (χ4n) is 1.00. The van der Waals surface area contributed by atoms with E-state index < -0.39 is 0 Å². The molecular weight excluding hydrogens is 539 g/mol. The Morgan fingerprint density at radius 2 is 2.11 bits per heavy atom. The molecule has 1 fully saturated rings. The summed E-state index contributed by atoms with van der Waals surface area (Å²) in [5.74, 6) is 0.824. The van der Waals surface area contributed by atoms with E-state index in [9.17, 15) is 0 Å². The van der Waals surface area contributed by atoms with Crippen LogP contribution in [0.15, 0.2) is 0 Å². The van der Waals surface area contributed by atoms with Crippen LogP contribution in [0.25, 0.3) is 0 Å². The van der Waals surface area contributed by atoms with Crippen molar-refractivity contribution in [1.82, 2.24) is 4.90 Å². The molecule has 0 aromatic carbocycles. The van der Waals surface area contributed by atoms with Crippen molar-refractivity contribution in [2.45, 2.75) is 6.92 Å². The summed E-state index contributed by atoms with van der Waals surface area (Å²) in [6.45, 7) is 4.69. The Hall–Kier alpha value is -0.378. The van der Waals surface area contributed by atoms with E-state index in [1.54, 1.807) is 0 Å². The van der Waals surface area contributed by atoms with E-state index >= 15 is 0 Å². The van der Waals surface area contributed by atoms with Crippen LogP contribution in [0.2, 0.25) is 0 Å². The molecule has 0 bridgehead atoms. The zero-order valence-corrected chi connectivity index (χ0v) is 15.2. The second-order valence-electron chi connectivity index (χ2n) is 2.43. The first-order chi connectivity index (χ1) is 3.29. The zero-order chi connectivity index (χ0) is 5.28. The van der Waals surface area contributed by atoms with Crippen molar-refractivity contribution in [1.29, 1.82) is 0 Å². The first-order valence-electron chi connectivity index (χ1n) is 2.81. The van der Waals surface area contributed by atoms with Gasteiger partial charge in [0.2, 0.25) is 0 Å². The molecule has 1 rings (SSSR count). The molecule has 0 aliphatic carbocycles. The van der Waals surface area contributed by atoms with Crippen LogP contribution >= 0.6 is 0 Å². The summed E-state index contributed by atoms with van der Waals surface area (Å²) >= 11 is 0. The zero-order valence-electron chi connectivity index (χ0n) is 6.10. The summed E-state index contributed by atoms with van der Waals surface area (Å²) in [5.41, 5.74) is 0. The van der Waals surface area contributed by atoms with Gasteiger partial charge in [0, 0.05) is 20.4 Å². The smallest absolute Gasteiger partial charge is 0 e. The number of hydrogen-bond donors (Lipinski definition) is 0. The van der Waals surface area contributed by atoms with Crippen molar-refractivity contribution < 1.29 is 20.4 Å². The minimum Gasteiger partial charge on any atom is -0.338 e. The van der Waals surface area contributed by atoms with E-state index in [0.717, 1.165) is 5.92 Å². The Balaban J connectivity index is 0. The summed E-state index contributed by atoms with van der Waals surface area (Å²) in [4.78, 5) is 2.32. The van der Waals surface area contributed by atoms with Crippen LogP contribution < -0.4 is 0 Å². The van der Waals surface area contributed by atoms with Gasteiger partial charge in [0.15, 0.2) is 0 Å². The minimum absolute atomic E-state index is 0. The largest absolute Gasteiger partial charge is 0.338 e. The second kappa shape index (κ2) is 4.50. The predicted octanol–water partition coefficient (Wildman–Crippen LogP) is 0.770. The van der Waals surface area contributed by atoms with Gasteiger partial charge in [-0.1, -0.05) is 6.92 Å². The van der Waals surface area contributed by atoms with Gasteiger partial charge in [0.25, 0.3) is 0 Å². The maximum absolute atomic E-state index is 2.35. The molecule has 0 saturated carbocycles. The topological polar surface area (TPSA) is 3.24 Å². The second-order valence-corrected chi connectivity index (χ2v) is 2.43. The normalized spacial score (nSPS) is 26.7. The molecule has 1 nitrogen and oxygen atoms in total. The standard InChI is InChI=1S/C6H12N.Re.Rf/c1-6-3-4-7(2)5-6;;/h3,6H,4-5H2,1-2H3;;/q-1;;. The third-order valence-electron chi connectivity index (χ3n) is 1.42. The van der Waals surface area contributed by atoms with Crippen molar-refractivity contribution in [3.8, 4) is 0 Å². The van der Waals surface area contributed by atoms with Gasteiger partial charge >= 0.3 is 0 Å². The Morgan fingerprint density at radius 3 is 2.22 bits per heavy atom. The van der Waals surface area contributed by atoms with E-state index in [1.165, 1.54) is 13.1 Å². The first kappa shape index (κ1) is 11.4. The average molecular weight is 551 g/mol. The molecule has 3 heteroatoms. The molecule has 0 amide bonds. The number of rotatable bonds is 0. The third-order valence-corrected chi connectivity index (χ3v) is 1.42. The van der Waals surface area contributed by atoms with Gasteiger partial charge in [-0.15, -0.1) is 6.54 Å². The van der Waals surface area contributed by atoms with Crippen molar-refractivity contribution >= 4 is 0 Å². The Labute approximate surface area is 65.1 Å². The van der Waals surface area contributed by atoms with E-state index in [4.69, 9.17) is 0 Å². The maximum atomic E-state index is 2.35. The van der Waals surface area contributed by atoms with Gasteiger partial charge in [-0.2, -0.15) is 5.92 Å². The Morgan fingerprint density at radius 1 is 1.56 bits per heavy atom. The van der Waals surface area contributed by atoms with Crippen LogP contribution in [0, 0.1) is 12.3 Å². The summed E-state index contributed by atoms with van der Waals surface area (Å²) in [6, 6.07) is 0.